The number of pyridine rings is 1. The zero-order valence-electron chi connectivity index (χ0n) is 11.0. The summed E-state index contributed by atoms with van der Waals surface area (Å²) in [5.74, 6) is -1.04. The first-order valence-corrected chi connectivity index (χ1v) is 6.97. The summed E-state index contributed by atoms with van der Waals surface area (Å²) in [4.78, 5) is 23.9. The van der Waals surface area contributed by atoms with Crippen LogP contribution in [-0.2, 0) is 0 Å². The van der Waals surface area contributed by atoms with E-state index in [2.05, 4.69) is 30.9 Å². The Balaban J connectivity index is 2.14. The number of benzene rings is 1. The van der Waals surface area contributed by atoms with Crippen LogP contribution in [-0.4, -0.2) is 26.0 Å². The summed E-state index contributed by atoms with van der Waals surface area (Å²) in [6.07, 6.45) is 3.16. The van der Waals surface area contributed by atoms with E-state index in [-0.39, 0.29) is 5.69 Å². The number of carboxylic acids is 1. The van der Waals surface area contributed by atoms with Crippen molar-refractivity contribution in [2.75, 3.05) is 0 Å². The first-order chi connectivity index (χ1) is 10.1. The molecule has 1 N–H and O–H groups in total. The van der Waals surface area contributed by atoms with E-state index >= 15 is 0 Å². The minimum absolute atomic E-state index is 0.0497. The lowest BCUT2D eigenvalue weighted by Crippen LogP contribution is -2.03. The predicted octanol–water partition coefficient (Wildman–Crippen LogP) is 3.46. The molecule has 2 aromatic heterocycles. The van der Waals surface area contributed by atoms with Gasteiger partial charge in [0.15, 0.2) is 5.69 Å². The molecule has 0 bridgehead atoms. The molecule has 6 heteroatoms. The summed E-state index contributed by atoms with van der Waals surface area (Å²) in [5, 5.41) is 9.01. The molecule has 0 saturated carbocycles. The van der Waals surface area contributed by atoms with Crippen LogP contribution in [0, 0.1) is 6.92 Å². The third-order valence-corrected chi connectivity index (χ3v) is 3.74. The fraction of sp³-hybridized carbons (Fsp3) is 0.0667. The molecule has 0 radical (unpaired) electrons. The highest BCUT2D eigenvalue weighted by Gasteiger charge is 2.11. The molecule has 0 atom stereocenters. The molecule has 3 rings (SSSR count). The van der Waals surface area contributed by atoms with Crippen LogP contribution in [0.2, 0.25) is 0 Å². The molecule has 0 spiro atoms. The highest BCUT2D eigenvalue weighted by molar-refractivity contribution is 9.10. The molecule has 0 aliphatic carbocycles. The number of carbonyl (C=O) groups is 1. The molecule has 21 heavy (non-hydrogen) atoms. The number of carboxylic acid groups (broad SMARTS) is 1. The van der Waals surface area contributed by atoms with Gasteiger partial charge in [-0.15, -0.1) is 0 Å². The van der Waals surface area contributed by atoms with Crippen molar-refractivity contribution in [3.63, 3.8) is 0 Å². The largest absolute Gasteiger partial charge is 0.477 e. The fourth-order valence-corrected chi connectivity index (χ4v) is 2.52. The van der Waals surface area contributed by atoms with Crippen molar-refractivity contribution >= 4 is 32.9 Å². The van der Waals surface area contributed by atoms with Crippen LogP contribution in [0.4, 0.5) is 0 Å². The van der Waals surface area contributed by atoms with Crippen LogP contribution in [0.25, 0.3) is 22.3 Å². The number of halogens is 1. The highest BCUT2D eigenvalue weighted by Crippen LogP contribution is 2.24. The fourth-order valence-electron chi connectivity index (χ4n) is 2.08. The van der Waals surface area contributed by atoms with E-state index < -0.39 is 5.97 Å². The Hall–Kier alpha value is -2.34. The van der Waals surface area contributed by atoms with E-state index in [1.54, 1.807) is 19.2 Å². The molecule has 0 unspecified atom stereocenters. The predicted molar refractivity (Wildman–Crippen MR) is 82.2 cm³/mol. The smallest absolute Gasteiger partial charge is 0.354 e. The van der Waals surface area contributed by atoms with Gasteiger partial charge in [-0.2, -0.15) is 0 Å². The molecular formula is C15H10BrN3O2. The molecule has 1 aromatic carbocycles. The average Bonchev–Trinajstić information content (AvgIpc) is 2.47. The van der Waals surface area contributed by atoms with E-state index in [9.17, 15) is 4.79 Å². The van der Waals surface area contributed by atoms with Gasteiger partial charge in [-0.3, -0.25) is 4.98 Å². The van der Waals surface area contributed by atoms with Crippen LogP contribution in [0.5, 0.6) is 0 Å². The number of aryl methyl sites for hydroxylation is 1. The molecule has 0 saturated heterocycles. The number of aromatic carboxylic acids is 1. The van der Waals surface area contributed by atoms with Gasteiger partial charge in [-0.05, 0) is 46.6 Å². The number of para-hydroxylation sites is 1. The average molecular weight is 344 g/mol. The first-order valence-electron chi connectivity index (χ1n) is 6.18. The monoisotopic (exact) mass is 343 g/mol. The van der Waals surface area contributed by atoms with Crippen molar-refractivity contribution in [2.45, 2.75) is 6.92 Å². The van der Waals surface area contributed by atoms with Gasteiger partial charge in [0, 0.05) is 16.2 Å². The Morgan fingerprint density at radius 1 is 1.24 bits per heavy atom. The van der Waals surface area contributed by atoms with E-state index in [4.69, 9.17) is 5.11 Å². The number of rotatable bonds is 2. The lowest BCUT2D eigenvalue weighted by Gasteiger charge is -2.06. The van der Waals surface area contributed by atoms with Crippen molar-refractivity contribution in [1.29, 1.82) is 0 Å². The Morgan fingerprint density at radius 2 is 2.05 bits per heavy atom. The highest BCUT2D eigenvalue weighted by atomic mass is 79.9. The third-order valence-electron chi connectivity index (χ3n) is 3.10. The molecule has 0 aliphatic heterocycles. The minimum Gasteiger partial charge on any atom is -0.477 e. The Kier molecular flexibility index (Phi) is 3.39. The second-order valence-corrected chi connectivity index (χ2v) is 5.41. The number of aromatic nitrogens is 3. The zero-order chi connectivity index (χ0) is 15.0. The molecule has 0 fully saturated rings. The maximum Gasteiger partial charge on any atom is 0.354 e. The lowest BCUT2D eigenvalue weighted by molar-refractivity contribution is 0.0689. The van der Waals surface area contributed by atoms with Crippen LogP contribution < -0.4 is 0 Å². The summed E-state index contributed by atoms with van der Waals surface area (Å²) >= 11 is 3.45. The van der Waals surface area contributed by atoms with Crippen LogP contribution in [0.15, 0.2) is 41.1 Å². The Morgan fingerprint density at radius 3 is 2.76 bits per heavy atom. The van der Waals surface area contributed by atoms with Gasteiger partial charge < -0.3 is 5.11 Å². The number of nitrogens with zero attached hydrogens (tertiary/aromatic N) is 3. The van der Waals surface area contributed by atoms with Gasteiger partial charge in [-0.25, -0.2) is 14.8 Å². The molecule has 104 valence electrons. The zero-order valence-corrected chi connectivity index (χ0v) is 12.6. The van der Waals surface area contributed by atoms with Gasteiger partial charge in [0.05, 0.1) is 17.4 Å². The maximum atomic E-state index is 11.0. The van der Waals surface area contributed by atoms with Crippen LogP contribution >= 0.6 is 15.9 Å². The quantitative estimate of drug-likeness (QED) is 0.770. The molecular weight excluding hydrogens is 334 g/mol. The van der Waals surface area contributed by atoms with Crippen molar-refractivity contribution in [1.82, 2.24) is 15.0 Å². The maximum absolute atomic E-state index is 11.0. The minimum atomic E-state index is -1.04. The van der Waals surface area contributed by atoms with Crippen molar-refractivity contribution in [3.8, 4) is 11.3 Å². The Labute approximate surface area is 128 Å². The van der Waals surface area contributed by atoms with E-state index in [0.29, 0.717) is 11.3 Å². The summed E-state index contributed by atoms with van der Waals surface area (Å²) < 4.78 is 0.862. The summed E-state index contributed by atoms with van der Waals surface area (Å²) in [5.41, 5.74) is 3.59. The van der Waals surface area contributed by atoms with Gasteiger partial charge >= 0.3 is 5.97 Å². The number of hydrogen-bond acceptors (Lipinski definition) is 4. The summed E-state index contributed by atoms with van der Waals surface area (Å²) in [7, 11) is 0. The molecule has 5 nitrogen and oxygen atoms in total. The standard InChI is InChI=1S/C15H10BrN3O2/c1-8-5-9(6-18-13(8)15(20)21)12-7-17-11-4-2-3-10(16)14(11)19-12/h2-7H,1H3,(H,20,21). The molecule has 2 heterocycles. The number of hydrogen-bond donors (Lipinski definition) is 1. The van der Waals surface area contributed by atoms with Crippen molar-refractivity contribution < 1.29 is 9.90 Å². The molecule has 0 amide bonds. The van der Waals surface area contributed by atoms with E-state index in [1.807, 2.05) is 18.2 Å². The van der Waals surface area contributed by atoms with Crippen LogP contribution in [0.1, 0.15) is 16.1 Å². The first kappa shape index (κ1) is 13.6. The second kappa shape index (κ2) is 5.21. The van der Waals surface area contributed by atoms with E-state index in [1.165, 1.54) is 6.20 Å². The second-order valence-electron chi connectivity index (χ2n) is 4.56. The molecule has 0 aliphatic rings. The van der Waals surface area contributed by atoms with Gasteiger partial charge in [-0.1, -0.05) is 6.07 Å². The van der Waals surface area contributed by atoms with Crippen molar-refractivity contribution in [2.24, 2.45) is 0 Å². The molecule has 3 aromatic rings. The van der Waals surface area contributed by atoms with Gasteiger partial charge in [0.25, 0.3) is 0 Å². The Bertz CT molecular complexity index is 865. The normalized spacial score (nSPS) is 10.8. The third kappa shape index (κ3) is 2.50. The lowest BCUT2D eigenvalue weighted by atomic mass is 10.1. The van der Waals surface area contributed by atoms with E-state index in [0.717, 1.165) is 21.1 Å². The van der Waals surface area contributed by atoms with Crippen LogP contribution in [0.3, 0.4) is 0 Å². The topological polar surface area (TPSA) is 76.0 Å². The summed E-state index contributed by atoms with van der Waals surface area (Å²) in [6, 6.07) is 7.43. The van der Waals surface area contributed by atoms with Gasteiger partial charge in [0.2, 0.25) is 0 Å². The SMILES string of the molecule is Cc1cc(-c2cnc3cccc(Br)c3n2)cnc1C(=O)O. The van der Waals surface area contributed by atoms with Gasteiger partial charge in [0.1, 0.15) is 5.52 Å². The van der Waals surface area contributed by atoms with Crippen molar-refractivity contribution in [3.05, 3.63) is 52.4 Å². The number of fused-ring (bicyclic) bond motifs is 1. The summed E-state index contributed by atoms with van der Waals surface area (Å²) in [6.45, 7) is 1.71.